The number of ether oxygens (including phenoxy) is 2. The van der Waals surface area contributed by atoms with E-state index in [0.29, 0.717) is 27.6 Å². The molecule has 3 heterocycles. The molecule has 3 aliphatic rings. The molecule has 0 unspecified atom stereocenters. The molecule has 0 spiro atoms. The second-order valence-corrected chi connectivity index (χ2v) is 8.29. The Bertz CT molecular complexity index is 1510. The number of nitrogens with zero attached hydrogens (tertiary/aromatic N) is 1. The topological polar surface area (TPSA) is 148 Å². The van der Waals surface area contributed by atoms with Crippen molar-refractivity contribution in [3.8, 4) is 22.6 Å². The molecular formula is C23H17NO9. The van der Waals surface area contributed by atoms with E-state index in [1.54, 1.807) is 18.2 Å². The van der Waals surface area contributed by atoms with Gasteiger partial charge in [0.15, 0.2) is 0 Å². The van der Waals surface area contributed by atoms with Crippen molar-refractivity contribution in [3.05, 3.63) is 57.1 Å². The number of benzene rings is 2. The van der Waals surface area contributed by atoms with Crippen LogP contribution in [0.3, 0.4) is 0 Å². The average Bonchev–Trinajstić information content (AvgIpc) is 3.11. The highest BCUT2D eigenvalue weighted by atomic mass is 16.6. The van der Waals surface area contributed by atoms with E-state index in [4.69, 9.17) is 14.0 Å². The van der Waals surface area contributed by atoms with Crippen molar-refractivity contribution >= 4 is 22.7 Å². The summed E-state index contributed by atoms with van der Waals surface area (Å²) in [7, 11) is 1.08. The number of allylic oxidation sites excluding steroid dienone is 1. The van der Waals surface area contributed by atoms with Crippen LogP contribution in [0.4, 0.5) is 0 Å². The van der Waals surface area contributed by atoms with Crippen LogP contribution in [0.5, 0.6) is 11.5 Å². The van der Waals surface area contributed by atoms with E-state index in [0.717, 1.165) is 7.11 Å². The smallest absolute Gasteiger partial charge is 0.365 e. The fourth-order valence-electron chi connectivity index (χ4n) is 5.20. The number of esters is 1. The first-order chi connectivity index (χ1) is 15.8. The van der Waals surface area contributed by atoms with Crippen molar-refractivity contribution < 1.29 is 38.9 Å². The highest BCUT2D eigenvalue weighted by Crippen LogP contribution is 2.53. The van der Waals surface area contributed by atoms with Crippen molar-refractivity contribution in [2.24, 2.45) is 0 Å². The minimum Gasteiger partial charge on any atom is -0.512 e. The maximum Gasteiger partial charge on any atom is 0.365 e. The normalized spacial score (nSPS) is 23.0. The molecule has 0 amide bonds. The van der Waals surface area contributed by atoms with Crippen molar-refractivity contribution in [1.82, 2.24) is 4.74 Å². The zero-order chi connectivity index (χ0) is 23.2. The van der Waals surface area contributed by atoms with Crippen LogP contribution in [-0.4, -0.2) is 50.6 Å². The van der Waals surface area contributed by atoms with Gasteiger partial charge in [-0.25, -0.2) is 14.3 Å². The molecule has 2 aromatic carbocycles. The number of carbonyl (C=O) groups excluding carboxylic acids is 2. The van der Waals surface area contributed by atoms with Gasteiger partial charge in [-0.2, -0.15) is 0 Å². The minimum atomic E-state index is -2.30. The molecule has 0 bridgehead atoms. The van der Waals surface area contributed by atoms with Crippen LogP contribution in [0.1, 0.15) is 28.8 Å². The van der Waals surface area contributed by atoms with Gasteiger partial charge in [0.25, 0.3) is 5.60 Å². The number of rotatable bonds is 1. The average molecular weight is 451 g/mol. The summed E-state index contributed by atoms with van der Waals surface area (Å²) in [4.78, 5) is 38.8. The van der Waals surface area contributed by atoms with E-state index >= 15 is 0 Å². The van der Waals surface area contributed by atoms with E-state index in [1.165, 1.54) is 10.8 Å². The number of Topliss-reactive ketones (excluding diaryl/α,β-unsaturated/α-hetero) is 1. The largest absolute Gasteiger partial charge is 0.512 e. The number of para-hydroxylation sites is 1. The molecule has 3 N–H and O–H groups in total. The van der Waals surface area contributed by atoms with Gasteiger partial charge in [-0.15, -0.1) is 0 Å². The van der Waals surface area contributed by atoms with Gasteiger partial charge in [-0.1, -0.05) is 12.1 Å². The quantitative estimate of drug-likeness (QED) is 0.368. The number of carbonyl (C=O) groups is 2. The molecule has 0 radical (unpaired) electrons. The van der Waals surface area contributed by atoms with Crippen LogP contribution in [0, 0.1) is 0 Å². The summed E-state index contributed by atoms with van der Waals surface area (Å²) in [5.41, 5.74) is -1.74. The van der Waals surface area contributed by atoms with Crippen molar-refractivity contribution in [2.75, 3.05) is 7.11 Å². The van der Waals surface area contributed by atoms with Crippen LogP contribution in [0.25, 0.3) is 22.0 Å². The molecule has 1 aliphatic carbocycles. The molecule has 0 saturated heterocycles. The maximum absolute atomic E-state index is 13.6. The van der Waals surface area contributed by atoms with Crippen molar-refractivity contribution in [2.45, 2.75) is 31.1 Å². The zero-order valence-corrected chi connectivity index (χ0v) is 17.2. The zero-order valence-electron chi connectivity index (χ0n) is 17.2. The standard InChI is InChI=1S/C23H17NO9/c1-31-22(30)23-14(27)6-5-12(25)17(23)19(28)16-13(26)7-9-8-24-18-10(15(9)20(16)32-23)3-2-4-11(18)21(29)33-24/h2-4,7,14,25-27H,5-6,8H2,1H3/t14-,23-/m0/s1. The summed E-state index contributed by atoms with van der Waals surface area (Å²) in [6.45, 7) is 0.0607. The minimum absolute atomic E-state index is 0.0496. The van der Waals surface area contributed by atoms with Crippen molar-refractivity contribution in [3.63, 3.8) is 0 Å². The van der Waals surface area contributed by atoms with Crippen LogP contribution in [0.2, 0.25) is 0 Å². The van der Waals surface area contributed by atoms with Gasteiger partial charge >= 0.3 is 11.6 Å². The third-order valence-electron chi connectivity index (χ3n) is 6.61. The Labute approximate surface area is 184 Å². The lowest BCUT2D eigenvalue weighted by molar-refractivity contribution is -0.167. The van der Waals surface area contributed by atoms with E-state index in [2.05, 4.69) is 0 Å². The number of fused-ring (bicyclic) bond motifs is 5. The molecule has 0 fully saturated rings. The molecule has 2 atom stereocenters. The first-order valence-corrected chi connectivity index (χ1v) is 10.2. The Balaban J connectivity index is 1.73. The number of phenolic OH excluding ortho intramolecular Hbond substituents is 1. The number of phenols is 1. The van der Waals surface area contributed by atoms with Gasteiger partial charge in [0.1, 0.15) is 28.9 Å². The van der Waals surface area contributed by atoms with Gasteiger partial charge in [-0.05, 0) is 24.1 Å². The van der Waals surface area contributed by atoms with Gasteiger partial charge in [0, 0.05) is 17.5 Å². The SMILES string of the molecule is COC(=O)[C@@]12Oc3c(c(O)cc4c3-c3cccc5c(=O)on(c35)C4)C(=O)C1=C(O)CC[C@@H]2O. The summed E-state index contributed by atoms with van der Waals surface area (Å²) >= 11 is 0. The van der Waals surface area contributed by atoms with Crippen LogP contribution < -0.4 is 10.4 Å². The number of aromatic nitrogens is 1. The lowest BCUT2D eigenvalue weighted by atomic mass is 9.73. The Morgan fingerprint density at radius 1 is 1.24 bits per heavy atom. The Hall–Kier alpha value is -4.05. The molecule has 10 nitrogen and oxygen atoms in total. The first-order valence-electron chi connectivity index (χ1n) is 10.2. The van der Waals surface area contributed by atoms with Crippen LogP contribution in [-0.2, 0) is 16.1 Å². The second-order valence-electron chi connectivity index (χ2n) is 8.29. The van der Waals surface area contributed by atoms with Crippen molar-refractivity contribution in [1.29, 1.82) is 0 Å². The molecule has 1 aromatic heterocycles. The molecule has 10 heteroatoms. The molecule has 168 valence electrons. The highest BCUT2D eigenvalue weighted by molar-refractivity contribution is 6.20. The second kappa shape index (κ2) is 6.26. The van der Waals surface area contributed by atoms with Gasteiger partial charge in [0.2, 0.25) is 5.78 Å². The summed E-state index contributed by atoms with van der Waals surface area (Å²) < 4.78 is 17.7. The predicted octanol–water partition coefficient (Wildman–Crippen LogP) is 1.78. The van der Waals surface area contributed by atoms with E-state index in [1.807, 2.05) is 0 Å². The number of methoxy groups -OCH3 is 1. The number of ketones is 1. The van der Waals surface area contributed by atoms with Crippen LogP contribution in [0.15, 0.2) is 44.9 Å². The number of aliphatic hydroxyl groups is 2. The van der Waals surface area contributed by atoms with Gasteiger partial charge in [0.05, 0.1) is 30.1 Å². The summed E-state index contributed by atoms with van der Waals surface area (Å²) in [5, 5.41) is 32.5. The molecule has 3 aromatic rings. The summed E-state index contributed by atoms with van der Waals surface area (Å²) in [6, 6.07) is 6.30. The number of hydrogen-bond donors (Lipinski definition) is 3. The van der Waals surface area contributed by atoms with E-state index < -0.39 is 46.2 Å². The number of hydrogen-bond acceptors (Lipinski definition) is 9. The lowest BCUT2D eigenvalue weighted by Crippen LogP contribution is -2.61. The number of aromatic hydroxyl groups is 1. The molecule has 33 heavy (non-hydrogen) atoms. The Morgan fingerprint density at radius 3 is 2.79 bits per heavy atom. The van der Waals surface area contributed by atoms with E-state index in [9.17, 15) is 29.7 Å². The molecule has 6 rings (SSSR count). The summed E-state index contributed by atoms with van der Waals surface area (Å²) in [6.07, 6.45) is -1.59. The first kappa shape index (κ1) is 19.6. The molecular weight excluding hydrogens is 434 g/mol. The third-order valence-corrected chi connectivity index (χ3v) is 6.61. The van der Waals surface area contributed by atoms with Crippen LogP contribution >= 0.6 is 0 Å². The van der Waals surface area contributed by atoms with Gasteiger partial charge in [-0.3, -0.25) is 4.79 Å². The fraction of sp³-hybridized carbons (Fsp3) is 0.261. The fourth-order valence-corrected chi connectivity index (χ4v) is 5.20. The molecule has 2 aliphatic heterocycles. The Morgan fingerprint density at radius 2 is 2.03 bits per heavy atom. The predicted molar refractivity (Wildman–Crippen MR) is 111 cm³/mol. The monoisotopic (exact) mass is 451 g/mol. The lowest BCUT2D eigenvalue weighted by Gasteiger charge is -2.43. The maximum atomic E-state index is 13.6. The Kier molecular flexibility index (Phi) is 3.72. The highest BCUT2D eigenvalue weighted by Gasteiger charge is 2.61. The van der Waals surface area contributed by atoms with Gasteiger partial charge < -0.3 is 29.3 Å². The van der Waals surface area contributed by atoms with E-state index in [-0.39, 0.29) is 30.7 Å². The number of aliphatic hydroxyl groups excluding tert-OH is 2. The molecule has 0 saturated carbocycles. The third kappa shape index (κ3) is 2.23. The summed E-state index contributed by atoms with van der Waals surface area (Å²) in [5.74, 6) is -2.88.